The van der Waals surface area contributed by atoms with Crippen molar-refractivity contribution in [1.29, 1.82) is 0 Å². The first-order chi connectivity index (χ1) is 13.6. The number of pyridine rings is 2. The summed E-state index contributed by atoms with van der Waals surface area (Å²) >= 11 is 0. The molecule has 4 heterocycles. The minimum absolute atomic E-state index is 0.158. The van der Waals surface area contributed by atoms with Gasteiger partial charge in [0.25, 0.3) is 5.56 Å². The Labute approximate surface area is 159 Å². The topological polar surface area (TPSA) is 110 Å². The normalized spacial score (nSPS) is 14.6. The number of rotatable bonds is 4. The number of nitrogens with one attached hydrogen (secondary N) is 1. The second-order valence-corrected chi connectivity index (χ2v) is 7.13. The molecule has 2 N–H and O–H groups in total. The Kier molecular flexibility index (Phi) is 3.63. The first-order valence-corrected chi connectivity index (χ1v) is 9.16. The Morgan fingerprint density at radius 2 is 2.11 bits per heavy atom. The fourth-order valence-corrected chi connectivity index (χ4v) is 3.85. The zero-order valence-electron chi connectivity index (χ0n) is 15.3. The second kappa shape index (κ2) is 6.07. The number of fused-ring (bicyclic) bond motifs is 4. The average molecular weight is 374 g/mol. The predicted molar refractivity (Wildman–Crippen MR) is 103 cm³/mol. The van der Waals surface area contributed by atoms with Gasteiger partial charge in [-0.3, -0.25) is 4.79 Å². The van der Waals surface area contributed by atoms with Crippen molar-refractivity contribution in [3.63, 3.8) is 0 Å². The first kappa shape index (κ1) is 16.8. The summed E-state index contributed by atoms with van der Waals surface area (Å²) in [6.07, 6.45) is 0.573. The number of nitrogens with zero attached hydrogens (tertiary/aromatic N) is 5. The number of aromatic amines is 1. The standard InChI is InChI=1S/C20H18N6O2/c1-2-20(28,10-17-22-24-25-23-17)14-8-16-19-13(11-26(16)18(27)9-14)7-12-5-3-4-6-15(12)21-19/h3-9,28H,2,10-11H2,1H3,(H,22,23,24,25). The van der Waals surface area contributed by atoms with Crippen LogP contribution < -0.4 is 5.56 Å². The van der Waals surface area contributed by atoms with Crippen molar-refractivity contribution in [2.75, 3.05) is 0 Å². The Balaban J connectivity index is 1.66. The van der Waals surface area contributed by atoms with Gasteiger partial charge in [-0.15, -0.1) is 10.2 Å². The Bertz CT molecular complexity index is 1250. The number of aromatic nitrogens is 6. The summed E-state index contributed by atoms with van der Waals surface area (Å²) in [4.78, 5) is 17.6. The highest BCUT2D eigenvalue weighted by Crippen LogP contribution is 2.35. The van der Waals surface area contributed by atoms with Crippen molar-refractivity contribution >= 4 is 10.9 Å². The molecule has 1 aliphatic heterocycles. The van der Waals surface area contributed by atoms with E-state index in [2.05, 4.69) is 26.7 Å². The largest absolute Gasteiger partial charge is 0.385 e. The molecule has 0 aliphatic carbocycles. The molecule has 8 heteroatoms. The Morgan fingerprint density at radius 1 is 1.25 bits per heavy atom. The first-order valence-electron chi connectivity index (χ1n) is 9.16. The number of para-hydroxylation sites is 1. The molecular weight excluding hydrogens is 356 g/mol. The van der Waals surface area contributed by atoms with Crippen LogP contribution >= 0.6 is 0 Å². The monoisotopic (exact) mass is 374 g/mol. The highest BCUT2D eigenvalue weighted by molar-refractivity contribution is 5.83. The van der Waals surface area contributed by atoms with E-state index in [9.17, 15) is 9.90 Å². The van der Waals surface area contributed by atoms with E-state index in [1.165, 1.54) is 6.07 Å². The maximum Gasteiger partial charge on any atom is 0.251 e. The molecule has 0 spiro atoms. The molecular formula is C20H18N6O2. The third-order valence-corrected chi connectivity index (χ3v) is 5.46. The molecule has 1 aliphatic rings. The summed E-state index contributed by atoms with van der Waals surface area (Å²) in [7, 11) is 0. The van der Waals surface area contributed by atoms with E-state index in [0.29, 0.717) is 24.4 Å². The van der Waals surface area contributed by atoms with Gasteiger partial charge in [-0.2, -0.15) is 5.21 Å². The van der Waals surface area contributed by atoms with Crippen molar-refractivity contribution in [2.24, 2.45) is 0 Å². The third kappa shape index (κ3) is 2.53. The average Bonchev–Trinajstić information content (AvgIpc) is 3.34. The van der Waals surface area contributed by atoms with Crippen molar-refractivity contribution < 1.29 is 5.11 Å². The van der Waals surface area contributed by atoms with Crippen LogP contribution in [0.5, 0.6) is 0 Å². The van der Waals surface area contributed by atoms with E-state index in [1.54, 1.807) is 4.57 Å². The fourth-order valence-electron chi connectivity index (χ4n) is 3.85. The van der Waals surface area contributed by atoms with Crippen molar-refractivity contribution in [2.45, 2.75) is 31.9 Å². The molecule has 0 radical (unpaired) electrons. The van der Waals surface area contributed by atoms with Gasteiger partial charge in [0, 0.05) is 23.4 Å². The summed E-state index contributed by atoms with van der Waals surface area (Å²) in [6.45, 7) is 2.35. The van der Waals surface area contributed by atoms with Crippen LogP contribution in [0.15, 0.2) is 47.3 Å². The van der Waals surface area contributed by atoms with Gasteiger partial charge in [0.2, 0.25) is 0 Å². The second-order valence-electron chi connectivity index (χ2n) is 7.13. The van der Waals surface area contributed by atoms with Gasteiger partial charge in [-0.05, 0) is 30.2 Å². The van der Waals surface area contributed by atoms with Crippen LogP contribution in [0, 0.1) is 0 Å². The van der Waals surface area contributed by atoms with Crippen LogP contribution in [0.1, 0.15) is 30.3 Å². The molecule has 28 heavy (non-hydrogen) atoms. The quantitative estimate of drug-likeness (QED) is 0.496. The van der Waals surface area contributed by atoms with E-state index in [1.807, 2.05) is 37.3 Å². The summed E-state index contributed by atoms with van der Waals surface area (Å²) in [5.74, 6) is 0.398. The molecule has 0 saturated carbocycles. The molecule has 3 aromatic heterocycles. The number of tetrazole rings is 1. The molecule has 4 aromatic rings. The Hall–Kier alpha value is -3.39. The lowest BCUT2D eigenvalue weighted by atomic mass is 9.87. The SMILES string of the molecule is CCC(O)(Cc1nn[nH]n1)c1cc2n(c(=O)c1)Cc1cc3ccccc3nc1-2. The molecule has 5 rings (SSSR count). The van der Waals surface area contributed by atoms with E-state index < -0.39 is 5.60 Å². The molecule has 0 saturated heterocycles. The van der Waals surface area contributed by atoms with Gasteiger partial charge in [0.1, 0.15) is 0 Å². The molecule has 1 aromatic carbocycles. The van der Waals surface area contributed by atoms with Crippen LogP contribution in [-0.4, -0.2) is 35.3 Å². The highest BCUT2D eigenvalue weighted by atomic mass is 16.3. The number of aliphatic hydroxyl groups is 1. The van der Waals surface area contributed by atoms with Crippen LogP contribution in [0.25, 0.3) is 22.3 Å². The van der Waals surface area contributed by atoms with Crippen LogP contribution in [0.4, 0.5) is 0 Å². The smallest absolute Gasteiger partial charge is 0.251 e. The summed E-state index contributed by atoms with van der Waals surface area (Å²) in [5.41, 5.74) is 2.52. The minimum atomic E-state index is -1.27. The molecule has 0 fully saturated rings. The number of hydrogen-bond acceptors (Lipinski definition) is 6. The van der Waals surface area contributed by atoms with Gasteiger partial charge in [-0.1, -0.05) is 30.3 Å². The maximum atomic E-state index is 12.8. The van der Waals surface area contributed by atoms with Crippen molar-refractivity contribution in [3.8, 4) is 11.4 Å². The molecule has 140 valence electrons. The summed E-state index contributed by atoms with van der Waals surface area (Å²) in [5, 5.41) is 26.1. The lowest BCUT2D eigenvalue weighted by Crippen LogP contribution is -2.31. The van der Waals surface area contributed by atoms with E-state index in [0.717, 1.165) is 27.9 Å². The van der Waals surface area contributed by atoms with Crippen LogP contribution in [0.3, 0.4) is 0 Å². The van der Waals surface area contributed by atoms with Crippen LogP contribution in [-0.2, 0) is 18.6 Å². The van der Waals surface area contributed by atoms with Gasteiger partial charge in [0.05, 0.1) is 29.1 Å². The number of H-pyrrole nitrogens is 1. The number of hydrogen-bond donors (Lipinski definition) is 2. The van der Waals surface area contributed by atoms with E-state index >= 15 is 0 Å². The molecule has 0 bridgehead atoms. The molecule has 1 unspecified atom stereocenters. The van der Waals surface area contributed by atoms with E-state index in [-0.39, 0.29) is 12.0 Å². The molecule has 8 nitrogen and oxygen atoms in total. The third-order valence-electron chi connectivity index (χ3n) is 5.46. The lowest BCUT2D eigenvalue weighted by Gasteiger charge is -2.26. The number of benzene rings is 1. The molecule has 1 atom stereocenters. The highest BCUT2D eigenvalue weighted by Gasteiger charge is 2.32. The summed E-state index contributed by atoms with van der Waals surface area (Å²) < 4.78 is 1.70. The van der Waals surface area contributed by atoms with Gasteiger partial charge >= 0.3 is 0 Å². The van der Waals surface area contributed by atoms with Gasteiger partial charge in [0.15, 0.2) is 5.82 Å². The van der Waals surface area contributed by atoms with Gasteiger partial charge < -0.3 is 9.67 Å². The van der Waals surface area contributed by atoms with Crippen LogP contribution in [0.2, 0.25) is 0 Å². The van der Waals surface area contributed by atoms with Gasteiger partial charge in [-0.25, -0.2) is 4.98 Å². The minimum Gasteiger partial charge on any atom is -0.385 e. The summed E-state index contributed by atoms with van der Waals surface area (Å²) in [6, 6.07) is 13.3. The predicted octanol–water partition coefficient (Wildman–Crippen LogP) is 1.78. The Morgan fingerprint density at radius 3 is 2.89 bits per heavy atom. The zero-order chi connectivity index (χ0) is 19.3. The van der Waals surface area contributed by atoms with Crippen molar-refractivity contribution in [1.82, 2.24) is 30.2 Å². The zero-order valence-corrected chi connectivity index (χ0v) is 15.3. The van der Waals surface area contributed by atoms with E-state index in [4.69, 9.17) is 4.98 Å². The lowest BCUT2D eigenvalue weighted by molar-refractivity contribution is 0.0305. The maximum absolute atomic E-state index is 12.8. The molecule has 0 amide bonds. The fraction of sp³-hybridized carbons (Fsp3) is 0.250. The van der Waals surface area contributed by atoms with Crippen molar-refractivity contribution in [3.05, 3.63) is 69.8 Å².